The maximum absolute atomic E-state index is 9.59. The molecule has 0 atom stereocenters. The molecule has 0 unspecified atom stereocenters. The first-order chi connectivity index (χ1) is 14.7. The number of nitrogens with zero attached hydrogens (tertiary/aromatic N) is 1. The summed E-state index contributed by atoms with van der Waals surface area (Å²) in [6.45, 7) is 0.989. The average Bonchev–Trinajstić information content (AvgIpc) is 2.79. The Labute approximate surface area is 179 Å². The van der Waals surface area contributed by atoms with E-state index in [1.165, 1.54) is 12.8 Å². The molecule has 5 heteroatoms. The van der Waals surface area contributed by atoms with Gasteiger partial charge >= 0.3 is 0 Å². The summed E-state index contributed by atoms with van der Waals surface area (Å²) in [6, 6.07) is 15.4. The molecule has 0 bridgehead atoms. The molecule has 0 aliphatic rings. The highest BCUT2D eigenvalue weighted by molar-refractivity contribution is 5.90. The summed E-state index contributed by atoms with van der Waals surface area (Å²) in [5.74, 6) is 2.05. The van der Waals surface area contributed by atoms with Crippen LogP contribution in [-0.2, 0) is 0 Å². The van der Waals surface area contributed by atoms with Crippen LogP contribution in [0.25, 0.3) is 11.6 Å². The highest BCUT2D eigenvalue weighted by Crippen LogP contribution is 2.31. The topological polar surface area (TPSA) is 71.7 Å². The fourth-order valence-electron chi connectivity index (χ4n) is 3.12. The van der Waals surface area contributed by atoms with Gasteiger partial charge in [-0.05, 0) is 60.4 Å². The first kappa shape index (κ1) is 23.3. The fourth-order valence-corrected chi connectivity index (χ4v) is 3.12. The number of nitriles is 1. The monoisotopic (exact) mass is 409 g/mol. The van der Waals surface area contributed by atoms with E-state index < -0.39 is 0 Å². The predicted molar refractivity (Wildman–Crippen MR) is 120 cm³/mol. The average molecular weight is 410 g/mol. The van der Waals surface area contributed by atoms with Gasteiger partial charge in [-0.2, -0.15) is 5.26 Å². The Morgan fingerprint density at radius 1 is 0.900 bits per heavy atom. The molecule has 0 aliphatic carbocycles. The summed E-state index contributed by atoms with van der Waals surface area (Å²) in [6.07, 6.45) is 8.36. The molecule has 0 aromatic heterocycles. The largest absolute Gasteiger partial charge is 0.494 e. The number of unbranched alkanes of at least 4 members (excludes halogenated alkanes) is 5. The Bertz CT molecular complexity index is 837. The molecule has 0 amide bonds. The van der Waals surface area contributed by atoms with E-state index in [4.69, 9.17) is 19.3 Å². The van der Waals surface area contributed by atoms with Crippen LogP contribution in [0.5, 0.6) is 17.2 Å². The molecule has 0 heterocycles. The normalized spacial score (nSPS) is 11.1. The number of methoxy groups -OCH3 is 2. The summed E-state index contributed by atoms with van der Waals surface area (Å²) in [4.78, 5) is 0. The smallest absolute Gasteiger partial charge is 0.161 e. The number of allylic oxidation sites excluding steroid dienone is 1. The Kier molecular flexibility index (Phi) is 10.3. The van der Waals surface area contributed by atoms with Crippen molar-refractivity contribution in [2.45, 2.75) is 38.5 Å². The zero-order valence-electron chi connectivity index (χ0n) is 17.9. The molecule has 0 saturated carbocycles. The molecule has 2 rings (SSSR count). The van der Waals surface area contributed by atoms with Crippen molar-refractivity contribution >= 4 is 11.6 Å². The van der Waals surface area contributed by atoms with Gasteiger partial charge in [-0.25, -0.2) is 0 Å². The SMILES string of the molecule is COc1ccc(C(C#N)=Cc2ccc(OCCCCCCCCO)cc2)cc1OC. The van der Waals surface area contributed by atoms with Crippen molar-refractivity contribution in [2.24, 2.45) is 0 Å². The first-order valence-electron chi connectivity index (χ1n) is 10.4. The molecule has 0 fully saturated rings. The predicted octanol–water partition coefficient (Wildman–Crippen LogP) is 5.48. The molecule has 0 radical (unpaired) electrons. The maximum atomic E-state index is 9.59. The van der Waals surface area contributed by atoms with Crippen molar-refractivity contribution < 1.29 is 19.3 Å². The van der Waals surface area contributed by atoms with Crippen molar-refractivity contribution in [2.75, 3.05) is 27.4 Å². The Hall–Kier alpha value is -2.97. The van der Waals surface area contributed by atoms with Crippen LogP contribution in [0.2, 0.25) is 0 Å². The van der Waals surface area contributed by atoms with Gasteiger partial charge in [0.2, 0.25) is 0 Å². The van der Waals surface area contributed by atoms with Crippen LogP contribution in [0, 0.1) is 11.3 Å². The summed E-state index contributed by atoms with van der Waals surface area (Å²) in [5, 5.41) is 18.4. The molecule has 0 spiro atoms. The van der Waals surface area contributed by atoms with Crippen LogP contribution in [0.1, 0.15) is 49.7 Å². The van der Waals surface area contributed by atoms with Gasteiger partial charge < -0.3 is 19.3 Å². The standard InChI is InChI=1S/C25H31NO4/c1-28-24-14-11-21(18-25(24)29-2)22(19-26)17-20-9-12-23(13-10-20)30-16-8-6-4-3-5-7-15-27/h9-14,17-18,27H,3-8,15-16H2,1-2H3. The molecular weight excluding hydrogens is 378 g/mol. The summed E-state index contributed by atoms with van der Waals surface area (Å²) < 4.78 is 16.4. The van der Waals surface area contributed by atoms with E-state index in [9.17, 15) is 5.26 Å². The van der Waals surface area contributed by atoms with Gasteiger partial charge in [0.25, 0.3) is 0 Å². The highest BCUT2D eigenvalue weighted by Gasteiger charge is 2.08. The van der Waals surface area contributed by atoms with Crippen molar-refractivity contribution in [1.29, 1.82) is 5.26 Å². The zero-order valence-corrected chi connectivity index (χ0v) is 17.9. The maximum Gasteiger partial charge on any atom is 0.161 e. The quantitative estimate of drug-likeness (QED) is 0.269. The summed E-state index contributed by atoms with van der Waals surface area (Å²) in [7, 11) is 3.16. The Morgan fingerprint density at radius 2 is 1.57 bits per heavy atom. The van der Waals surface area contributed by atoms with Gasteiger partial charge in [-0.3, -0.25) is 0 Å². The lowest BCUT2D eigenvalue weighted by atomic mass is 10.0. The third-order valence-electron chi connectivity index (χ3n) is 4.83. The third-order valence-corrected chi connectivity index (χ3v) is 4.83. The molecule has 1 N–H and O–H groups in total. The summed E-state index contributed by atoms with van der Waals surface area (Å²) in [5.41, 5.74) is 2.25. The molecule has 2 aromatic rings. The minimum Gasteiger partial charge on any atom is -0.494 e. The van der Waals surface area contributed by atoms with E-state index in [1.807, 2.05) is 36.4 Å². The number of aliphatic hydroxyl groups is 1. The van der Waals surface area contributed by atoms with Crippen LogP contribution in [0.15, 0.2) is 42.5 Å². The molecular formula is C25H31NO4. The second-order valence-corrected chi connectivity index (χ2v) is 7.00. The lowest BCUT2D eigenvalue weighted by Gasteiger charge is -2.09. The van der Waals surface area contributed by atoms with E-state index in [1.54, 1.807) is 26.4 Å². The minimum absolute atomic E-state index is 0.290. The lowest BCUT2D eigenvalue weighted by molar-refractivity contribution is 0.280. The van der Waals surface area contributed by atoms with Crippen molar-refractivity contribution in [3.05, 3.63) is 53.6 Å². The van der Waals surface area contributed by atoms with E-state index in [0.717, 1.165) is 42.6 Å². The second-order valence-electron chi connectivity index (χ2n) is 7.00. The molecule has 0 saturated heterocycles. The van der Waals surface area contributed by atoms with Gasteiger partial charge in [0, 0.05) is 6.61 Å². The van der Waals surface area contributed by atoms with E-state index in [-0.39, 0.29) is 0 Å². The number of benzene rings is 2. The van der Waals surface area contributed by atoms with E-state index in [2.05, 4.69) is 6.07 Å². The Morgan fingerprint density at radius 3 is 2.20 bits per heavy atom. The number of ether oxygens (including phenoxy) is 3. The van der Waals surface area contributed by atoms with Crippen molar-refractivity contribution in [3.8, 4) is 23.3 Å². The van der Waals surface area contributed by atoms with E-state index >= 15 is 0 Å². The lowest BCUT2D eigenvalue weighted by Crippen LogP contribution is -1.97. The van der Waals surface area contributed by atoms with Crippen LogP contribution < -0.4 is 14.2 Å². The van der Waals surface area contributed by atoms with Gasteiger partial charge in [-0.15, -0.1) is 0 Å². The van der Waals surface area contributed by atoms with Crippen LogP contribution in [-0.4, -0.2) is 32.5 Å². The van der Waals surface area contributed by atoms with Crippen molar-refractivity contribution in [3.63, 3.8) is 0 Å². The first-order valence-corrected chi connectivity index (χ1v) is 10.4. The summed E-state index contributed by atoms with van der Waals surface area (Å²) >= 11 is 0. The Balaban J connectivity index is 1.90. The third kappa shape index (κ3) is 7.46. The number of aliphatic hydroxyl groups excluding tert-OH is 1. The van der Waals surface area contributed by atoms with Gasteiger partial charge in [0.1, 0.15) is 5.75 Å². The van der Waals surface area contributed by atoms with Crippen LogP contribution in [0.4, 0.5) is 0 Å². The molecule has 30 heavy (non-hydrogen) atoms. The molecule has 0 aliphatic heterocycles. The van der Waals surface area contributed by atoms with Gasteiger partial charge in [0.05, 0.1) is 32.5 Å². The van der Waals surface area contributed by atoms with Crippen LogP contribution in [0.3, 0.4) is 0 Å². The number of hydrogen-bond acceptors (Lipinski definition) is 5. The fraction of sp³-hybridized carbons (Fsp3) is 0.400. The molecule has 2 aromatic carbocycles. The van der Waals surface area contributed by atoms with Gasteiger partial charge in [0.15, 0.2) is 11.5 Å². The molecule has 5 nitrogen and oxygen atoms in total. The number of hydrogen-bond donors (Lipinski definition) is 1. The molecule has 160 valence electrons. The van der Waals surface area contributed by atoms with Gasteiger partial charge in [-0.1, -0.05) is 37.8 Å². The van der Waals surface area contributed by atoms with Crippen LogP contribution >= 0.6 is 0 Å². The second kappa shape index (κ2) is 13.3. The van der Waals surface area contributed by atoms with E-state index in [0.29, 0.717) is 30.3 Å². The highest BCUT2D eigenvalue weighted by atomic mass is 16.5. The zero-order chi connectivity index (χ0) is 21.6. The number of rotatable bonds is 13. The van der Waals surface area contributed by atoms with Crippen molar-refractivity contribution in [1.82, 2.24) is 0 Å². The minimum atomic E-state index is 0.290.